The minimum atomic E-state index is -3.47. The predicted molar refractivity (Wildman–Crippen MR) is 70.7 cm³/mol. The highest BCUT2D eigenvalue weighted by Crippen LogP contribution is 2.20. The van der Waals surface area contributed by atoms with Crippen molar-refractivity contribution >= 4 is 10.0 Å². The normalized spacial score (nSPS) is 12.6. The maximum Gasteiger partial charge on any atom is 0.244 e. The Morgan fingerprint density at radius 3 is 2.44 bits per heavy atom. The Morgan fingerprint density at radius 2 is 2.06 bits per heavy atom. The average Bonchev–Trinajstić information content (AvgIpc) is 2.67. The van der Waals surface area contributed by atoms with E-state index in [9.17, 15) is 8.42 Å². The van der Waals surface area contributed by atoms with Gasteiger partial charge in [0.05, 0.1) is 6.61 Å². The van der Waals surface area contributed by atoms with E-state index in [1.54, 1.807) is 17.8 Å². The molecule has 1 N–H and O–H groups in total. The molecular formula is C12H22N2O3S. The highest BCUT2D eigenvalue weighted by Gasteiger charge is 2.27. The fraction of sp³-hybridized carbons (Fsp3) is 0.667. The first-order valence-electron chi connectivity index (χ1n) is 6.12. The lowest BCUT2D eigenvalue weighted by atomic mass is 10.4. The molecule has 0 radical (unpaired) electrons. The van der Waals surface area contributed by atoms with Crippen LogP contribution in [-0.4, -0.2) is 35.0 Å². The van der Waals surface area contributed by atoms with Crippen LogP contribution >= 0.6 is 0 Å². The lowest BCUT2D eigenvalue weighted by Crippen LogP contribution is -2.37. The summed E-state index contributed by atoms with van der Waals surface area (Å²) >= 11 is 0. The number of hydrogen-bond donors (Lipinski definition) is 1. The Bertz CT molecular complexity index is 491. The van der Waals surface area contributed by atoms with Crippen molar-refractivity contribution in [3.63, 3.8) is 0 Å². The van der Waals surface area contributed by atoms with Gasteiger partial charge in [0.15, 0.2) is 0 Å². The van der Waals surface area contributed by atoms with Crippen molar-refractivity contribution in [1.29, 1.82) is 0 Å². The number of aliphatic hydroxyl groups is 1. The van der Waals surface area contributed by atoms with E-state index < -0.39 is 10.0 Å². The standard InChI is InChI=1S/C12H22N2O3S/c1-5-6-14(10(2)3)18(16,17)12-7-11(9-15)13(4)8-12/h7-8,10,15H,5-6,9H2,1-4H3. The highest BCUT2D eigenvalue weighted by molar-refractivity contribution is 7.89. The van der Waals surface area contributed by atoms with Gasteiger partial charge in [-0.3, -0.25) is 0 Å². The fourth-order valence-corrected chi connectivity index (χ4v) is 3.71. The van der Waals surface area contributed by atoms with Gasteiger partial charge < -0.3 is 9.67 Å². The SMILES string of the molecule is CCCN(C(C)C)S(=O)(=O)c1cc(CO)n(C)c1. The second kappa shape index (κ2) is 5.86. The van der Waals surface area contributed by atoms with Crippen molar-refractivity contribution in [3.8, 4) is 0 Å². The van der Waals surface area contributed by atoms with Gasteiger partial charge in [-0.2, -0.15) is 4.31 Å². The summed E-state index contributed by atoms with van der Waals surface area (Å²) in [6.07, 6.45) is 2.32. The van der Waals surface area contributed by atoms with Gasteiger partial charge in [-0.1, -0.05) is 6.92 Å². The fourth-order valence-electron chi connectivity index (χ4n) is 1.89. The molecule has 0 atom stereocenters. The van der Waals surface area contributed by atoms with Crippen molar-refractivity contribution in [2.45, 2.75) is 44.7 Å². The Morgan fingerprint density at radius 1 is 1.44 bits per heavy atom. The summed E-state index contributed by atoms with van der Waals surface area (Å²) in [5.41, 5.74) is 0.591. The van der Waals surface area contributed by atoms with E-state index in [4.69, 9.17) is 5.11 Å². The molecule has 18 heavy (non-hydrogen) atoms. The third-order valence-electron chi connectivity index (χ3n) is 2.87. The maximum absolute atomic E-state index is 12.5. The molecule has 104 valence electrons. The Kier molecular flexibility index (Phi) is 4.95. The van der Waals surface area contributed by atoms with Crippen LogP contribution in [0.5, 0.6) is 0 Å². The summed E-state index contributed by atoms with van der Waals surface area (Å²) in [7, 11) is -1.75. The average molecular weight is 274 g/mol. The molecule has 0 saturated heterocycles. The van der Waals surface area contributed by atoms with Gasteiger partial charge in [0, 0.05) is 31.5 Å². The van der Waals surface area contributed by atoms with E-state index in [1.165, 1.54) is 10.4 Å². The second-order valence-corrected chi connectivity index (χ2v) is 6.54. The van der Waals surface area contributed by atoms with Gasteiger partial charge in [0.25, 0.3) is 0 Å². The van der Waals surface area contributed by atoms with Gasteiger partial charge in [-0.05, 0) is 26.3 Å². The number of rotatable bonds is 6. The quantitative estimate of drug-likeness (QED) is 0.851. The summed E-state index contributed by atoms with van der Waals surface area (Å²) in [6.45, 7) is 6.02. The molecule has 1 heterocycles. The van der Waals surface area contributed by atoms with Crippen molar-refractivity contribution < 1.29 is 13.5 Å². The van der Waals surface area contributed by atoms with Crippen molar-refractivity contribution in [3.05, 3.63) is 18.0 Å². The topological polar surface area (TPSA) is 62.5 Å². The van der Waals surface area contributed by atoms with Crippen molar-refractivity contribution in [1.82, 2.24) is 8.87 Å². The molecule has 1 aromatic rings. The zero-order chi connectivity index (χ0) is 13.9. The molecule has 0 aliphatic heterocycles. The lowest BCUT2D eigenvalue weighted by Gasteiger charge is -2.24. The zero-order valence-electron chi connectivity index (χ0n) is 11.4. The van der Waals surface area contributed by atoms with Gasteiger partial charge in [0.2, 0.25) is 10.0 Å². The van der Waals surface area contributed by atoms with E-state index in [1.807, 2.05) is 20.8 Å². The van der Waals surface area contributed by atoms with Gasteiger partial charge in [0.1, 0.15) is 4.90 Å². The predicted octanol–water partition coefficient (Wildman–Crippen LogP) is 1.33. The number of hydrogen-bond acceptors (Lipinski definition) is 3. The molecule has 5 nitrogen and oxygen atoms in total. The summed E-state index contributed by atoms with van der Waals surface area (Å²) in [4.78, 5) is 0.246. The molecule has 0 aliphatic rings. The molecule has 0 amide bonds. The minimum Gasteiger partial charge on any atom is -0.390 e. The first-order valence-corrected chi connectivity index (χ1v) is 7.56. The zero-order valence-corrected chi connectivity index (χ0v) is 12.2. The summed E-state index contributed by atoms with van der Waals surface area (Å²) in [5, 5.41) is 9.12. The van der Waals surface area contributed by atoms with E-state index in [0.717, 1.165) is 6.42 Å². The van der Waals surface area contributed by atoms with Gasteiger partial charge >= 0.3 is 0 Å². The van der Waals surface area contributed by atoms with Crippen LogP contribution in [0.2, 0.25) is 0 Å². The molecule has 1 aromatic heterocycles. The number of aliphatic hydroxyl groups excluding tert-OH is 1. The second-order valence-electron chi connectivity index (χ2n) is 4.65. The largest absolute Gasteiger partial charge is 0.390 e. The molecular weight excluding hydrogens is 252 g/mol. The molecule has 0 spiro atoms. The molecule has 0 bridgehead atoms. The molecule has 0 aromatic carbocycles. The Hall–Kier alpha value is -0.850. The van der Waals surface area contributed by atoms with Crippen LogP contribution in [0.4, 0.5) is 0 Å². The van der Waals surface area contributed by atoms with Gasteiger partial charge in [-0.25, -0.2) is 8.42 Å². The summed E-state index contributed by atoms with van der Waals surface area (Å²) < 4.78 is 28.1. The van der Waals surface area contributed by atoms with E-state index >= 15 is 0 Å². The molecule has 0 unspecified atom stereocenters. The molecule has 6 heteroatoms. The number of aromatic nitrogens is 1. The summed E-state index contributed by atoms with van der Waals surface area (Å²) in [6, 6.07) is 1.45. The summed E-state index contributed by atoms with van der Waals surface area (Å²) in [5.74, 6) is 0. The minimum absolute atomic E-state index is 0.0762. The van der Waals surface area contributed by atoms with Crippen LogP contribution in [-0.2, 0) is 23.7 Å². The van der Waals surface area contributed by atoms with Crippen LogP contribution < -0.4 is 0 Å². The first-order chi connectivity index (χ1) is 8.34. The van der Waals surface area contributed by atoms with Crippen LogP contribution in [0, 0.1) is 0 Å². The number of aryl methyl sites for hydroxylation is 1. The molecule has 0 fully saturated rings. The third-order valence-corrected chi connectivity index (χ3v) is 4.91. The Balaban J connectivity index is 3.17. The smallest absolute Gasteiger partial charge is 0.244 e. The first kappa shape index (κ1) is 15.2. The van der Waals surface area contributed by atoms with Crippen LogP contribution in [0.3, 0.4) is 0 Å². The van der Waals surface area contributed by atoms with Crippen LogP contribution in [0.25, 0.3) is 0 Å². The highest BCUT2D eigenvalue weighted by atomic mass is 32.2. The molecule has 0 saturated carbocycles. The monoisotopic (exact) mass is 274 g/mol. The number of nitrogens with zero attached hydrogens (tertiary/aromatic N) is 2. The Labute approximate surface area is 109 Å². The van der Waals surface area contributed by atoms with Gasteiger partial charge in [-0.15, -0.1) is 0 Å². The van der Waals surface area contributed by atoms with E-state index in [-0.39, 0.29) is 17.5 Å². The molecule has 0 aliphatic carbocycles. The van der Waals surface area contributed by atoms with E-state index in [2.05, 4.69) is 0 Å². The maximum atomic E-state index is 12.5. The van der Waals surface area contributed by atoms with Crippen molar-refractivity contribution in [2.75, 3.05) is 6.54 Å². The van der Waals surface area contributed by atoms with Crippen LogP contribution in [0.1, 0.15) is 32.9 Å². The third kappa shape index (κ3) is 2.93. The van der Waals surface area contributed by atoms with Crippen LogP contribution in [0.15, 0.2) is 17.2 Å². The number of sulfonamides is 1. The lowest BCUT2D eigenvalue weighted by molar-refractivity contribution is 0.272. The van der Waals surface area contributed by atoms with E-state index in [0.29, 0.717) is 12.2 Å². The van der Waals surface area contributed by atoms with Crippen molar-refractivity contribution in [2.24, 2.45) is 7.05 Å². The molecule has 1 rings (SSSR count).